The summed E-state index contributed by atoms with van der Waals surface area (Å²) in [5.74, 6) is 2.14. The third-order valence-corrected chi connectivity index (χ3v) is 9.67. The minimum Gasteiger partial charge on any atom is -1.00 e. The molecular formula is C39H62ClIN2O2. The first kappa shape index (κ1) is 39.8. The van der Waals surface area contributed by atoms with Gasteiger partial charge >= 0.3 is 0 Å². The van der Waals surface area contributed by atoms with E-state index >= 15 is 0 Å². The second kappa shape index (κ2) is 23.9. The molecule has 0 N–H and O–H groups in total. The molecule has 254 valence electrons. The van der Waals surface area contributed by atoms with Gasteiger partial charge in [0.2, 0.25) is 0 Å². The van der Waals surface area contributed by atoms with E-state index in [0.29, 0.717) is 10.9 Å². The molecule has 0 spiro atoms. The number of fused-ring (bicyclic) bond motifs is 1. The van der Waals surface area contributed by atoms with Crippen LogP contribution in [0, 0.1) is 0 Å². The van der Waals surface area contributed by atoms with Gasteiger partial charge in [-0.15, -0.1) is 0 Å². The van der Waals surface area contributed by atoms with Crippen molar-refractivity contribution < 1.29 is 38.0 Å². The van der Waals surface area contributed by atoms with Gasteiger partial charge in [0.15, 0.2) is 23.8 Å². The van der Waals surface area contributed by atoms with Gasteiger partial charge < -0.3 is 33.5 Å². The van der Waals surface area contributed by atoms with Crippen molar-refractivity contribution in [1.82, 2.24) is 4.98 Å². The zero-order chi connectivity index (χ0) is 31.4. The molecule has 1 unspecified atom stereocenters. The molecule has 0 fully saturated rings. The second-order valence-electron chi connectivity index (χ2n) is 13.0. The standard InChI is InChI=1S/C39H62ClN2O2.HI/c1-5-7-9-11-13-15-17-19-21-23-32-30-42(31-34-26-25-33(40)29-41-34)37(24-22-20-18-16-14-12-10-8-6-2)36-28-39(44-4)38(43-3)27-35(32)36;/h25-29,32H,5-24,30-31H2,1-4H3;1H/q+1;/p-1. The van der Waals surface area contributed by atoms with E-state index < -0.39 is 0 Å². The van der Waals surface area contributed by atoms with Crippen LogP contribution >= 0.6 is 11.6 Å². The summed E-state index contributed by atoms with van der Waals surface area (Å²) in [4.78, 5) is 4.69. The monoisotopic (exact) mass is 752 g/mol. The number of hydrogen-bond donors (Lipinski definition) is 0. The zero-order valence-electron chi connectivity index (χ0n) is 29.0. The van der Waals surface area contributed by atoms with Crippen LogP contribution in [-0.4, -0.2) is 36.0 Å². The first-order valence-electron chi connectivity index (χ1n) is 18.1. The highest BCUT2D eigenvalue weighted by atomic mass is 127. The number of hydrogen-bond acceptors (Lipinski definition) is 3. The van der Waals surface area contributed by atoms with Gasteiger partial charge in [-0.2, -0.15) is 0 Å². The van der Waals surface area contributed by atoms with Gasteiger partial charge in [0.25, 0.3) is 0 Å². The van der Waals surface area contributed by atoms with Crippen LogP contribution in [0.3, 0.4) is 0 Å². The van der Waals surface area contributed by atoms with E-state index in [0.717, 1.165) is 36.7 Å². The van der Waals surface area contributed by atoms with E-state index in [1.165, 1.54) is 139 Å². The van der Waals surface area contributed by atoms with Crippen LogP contribution in [0.4, 0.5) is 0 Å². The Morgan fingerprint density at radius 3 is 1.80 bits per heavy atom. The van der Waals surface area contributed by atoms with Crippen molar-refractivity contribution in [3.8, 4) is 11.5 Å². The number of unbranched alkanes of at least 4 members (excludes halogenated alkanes) is 16. The zero-order valence-corrected chi connectivity index (χ0v) is 31.9. The maximum absolute atomic E-state index is 6.20. The summed E-state index contributed by atoms with van der Waals surface area (Å²) in [6.07, 6.45) is 28.3. The van der Waals surface area contributed by atoms with Crippen molar-refractivity contribution in [2.75, 3.05) is 20.8 Å². The minimum atomic E-state index is 0. The van der Waals surface area contributed by atoms with Crippen LogP contribution in [0.25, 0.3) is 0 Å². The Bertz CT molecular complexity index is 1100. The number of benzene rings is 1. The lowest BCUT2D eigenvalue weighted by Crippen LogP contribution is -3.00. The topological polar surface area (TPSA) is 34.4 Å². The lowest BCUT2D eigenvalue weighted by Gasteiger charge is -2.27. The van der Waals surface area contributed by atoms with E-state index in [9.17, 15) is 0 Å². The van der Waals surface area contributed by atoms with Crippen LogP contribution in [0.5, 0.6) is 11.5 Å². The summed E-state index contributed by atoms with van der Waals surface area (Å²) >= 11 is 6.20. The molecule has 45 heavy (non-hydrogen) atoms. The van der Waals surface area contributed by atoms with Crippen molar-refractivity contribution in [3.05, 3.63) is 52.3 Å². The molecule has 1 aromatic carbocycles. The summed E-state index contributed by atoms with van der Waals surface area (Å²) in [6, 6.07) is 8.58. The average molecular weight is 753 g/mol. The number of halogens is 2. The van der Waals surface area contributed by atoms with E-state index in [1.54, 1.807) is 20.4 Å². The molecule has 3 rings (SSSR count). The summed E-state index contributed by atoms with van der Waals surface area (Å²) in [5.41, 5.74) is 5.30. The van der Waals surface area contributed by atoms with Gasteiger partial charge in [-0.1, -0.05) is 135 Å². The molecule has 0 saturated carbocycles. The molecule has 0 bridgehead atoms. The molecule has 2 heterocycles. The summed E-state index contributed by atoms with van der Waals surface area (Å²) in [7, 11) is 3.51. The van der Waals surface area contributed by atoms with Gasteiger partial charge in [-0.05, 0) is 42.7 Å². The highest BCUT2D eigenvalue weighted by molar-refractivity contribution is 6.30. The predicted octanol–water partition coefficient (Wildman–Crippen LogP) is 8.70. The predicted molar refractivity (Wildman–Crippen MR) is 188 cm³/mol. The van der Waals surface area contributed by atoms with Crippen molar-refractivity contribution in [2.45, 2.75) is 155 Å². The molecule has 1 atom stereocenters. The van der Waals surface area contributed by atoms with Gasteiger partial charge in [0.1, 0.15) is 12.2 Å². The number of rotatable bonds is 24. The van der Waals surface area contributed by atoms with E-state index in [4.69, 9.17) is 26.1 Å². The van der Waals surface area contributed by atoms with Gasteiger partial charge in [0, 0.05) is 24.1 Å². The fraction of sp³-hybridized carbons (Fsp3) is 0.692. The smallest absolute Gasteiger partial charge is 0.185 e. The summed E-state index contributed by atoms with van der Waals surface area (Å²) in [5, 5.41) is 0.691. The highest BCUT2D eigenvalue weighted by Crippen LogP contribution is 2.39. The largest absolute Gasteiger partial charge is 1.00 e. The van der Waals surface area contributed by atoms with Crippen LogP contribution < -0.4 is 33.5 Å². The molecule has 1 aromatic heterocycles. The number of nitrogens with zero attached hydrogens (tertiary/aromatic N) is 2. The van der Waals surface area contributed by atoms with Crippen molar-refractivity contribution in [2.24, 2.45) is 0 Å². The average Bonchev–Trinajstić information content (AvgIpc) is 3.04. The minimum absolute atomic E-state index is 0. The number of ether oxygens (including phenoxy) is 2. The maximum atomic E-state index is 6.20. The third-order valence-electron chi connectivity index (χ3n) is 9.44. The van der Waals surface area contributed by atoms with E-state index in [-0.39, 0.29) is 24.0 Å². The molecule has 0 amide bonds. The number of methoxy groups -OCH3 is 2. The van der Waals surface area contributed by atoms with Crippen LogP contribution in [0.1, 0.15) is 165 Å². The first-order chi connectivity index (χ1) is 21.6. The van der Waals surface area contributed by atoms with Crippen LogP contribution in [0.2, 0.25) is 5.02 Å². The molecular weight excluding hydrogens is 691 g/mol. The molecule has 4 nitrogen and oxygen atoms in total. The number of aromatic nitrogens is 1. The lowest BCUT2D eigenvalue weighted by atomic mass is 9.83. The van der Waals surface area contributed by atoms with E-state index in [1.807, 2.05) is 6.07 Å². The van der Waals surface area contributed by atoms with E-state index in [2.05, 4.69) is 36.6 Å². The summed E-state index contributed by atoms with van der Waals surface area (Å²) < 4.78 is 14.3. The van der Waals surface area contributed by atoms with Crippen LogP contribution in [-0.2, 0) is 6.54 Å². The second-order valence-corrected chi connectivity index (χ2v) is 13.4. The van der Waals surface area contributed by atoms with Crippen molar-refractivity contribution in [3.63, 3.8) is 0 Å². The molecule has 0 aliphatic carbocycles. The van der Waals surface area contributed by atoms with Gasteiger partial charge in [-0.25, -0.2) is 4.58 Å². The lowest BCUT2D eigenvalue weighted by molar-refractivity contribution is -0.550. The Balaban J connectivity index is 0.00000705. The molecule has 0 saturated heterocycles. The Kier molecular flexibility index (Phi) is 21.2. The third kappa shape index (κ3) is 14.1. The Morgan fingerprint density at radius 1 is 0.733 bits per heavy atom. The Hall–Kier alpha value is -1.34. The fourth-order valence-corrected chi connectivity index (χ4v) is 6.94. The molecule has 1 aliphatic rings. The SMILES string of the molecule is CCCCCCCCCCCC1=[N+](Cc2ccc(Cl)cn2)CC(CCCCCCCCCCC)c2cc(OC)c(OC)cc21.[I-]. The summed E-state index contributed by atoms with van der Waals surface area (Å²) in [6.45, 7) is 6.42. The maximum Gasteiger partial charge on any atom is 0.185 e. The van der Waals surface area contributed by atoms with Gasteiger partial charge in [0.05, 0.1) is 19.2 Å². The normalized spacial score (nSPS) is 14.3. The molecule has 1 aliphatic heterocycles. The highest BCUT2D eigenvalue weighted by Gasteiger charge is 2.34. The fourth-order valence-electron chi connectivity index (χ4n) is 6.83. The number of pyridine rings is 1. The Morgan fingerprint density at radius 2 is 1.27 bits per heavy atom. The molecule has 0 radical (unpaired) electrons. The van der Waals surface area contributed by atoms with Gasteiger partial charge in [-0.3, -0.25) is 4.98 Å². The molecule has 2 aromatic rings. The quantitative estimate of drug-likeness (QED) is 0.0612. The van der Waals surface area contributed by atoms with Crippen molar-refractivity contribution >= 4 is 17.3 Å². The van der Waals surface area contributed by atoms with Crippen molar-refractivity contribution in [1.29, 1.82) is 0 Å². The Labute approximate surface area is 298 Å². The first-order valence-corrected chi connectivity index (χ1v) is 18.5. The van der Waals surface area contributed by atoms with Crippen LogP contribution in [0.15, 0.2) is 30.5 Å². The molecule has 6 heteroatoms.